The summed E-state index contributed by atoms with van der Waals surface area (Å²) in [6.07, 6.45) is 3.22. The zero-order valence-corrected chi connectivity index (χ0v) is 11.8. The van der Waals surface area contributed by atoms with Crippen LogP contribution >= 0.6 is 0 Å². The molecule has 0 aliphatic carbocycles. The van der Waals surface area contributed by atoms with E-state index in [0.717, 1.165) is 5.56 Å². The molecule has 2 rings (SSSR count). The van der Waals surface area contributed by atoms with E-state index in [1.807, 2.05) is 13.0 Å². The van der Waals surface area contributed by atoms with Gasteiger partial charge in [0, 0.05) is 30.6 Å². The van der Waals surface area contributed by atoms with Crippen LogP contribution in [0.15, 0.2) is 47.5 Å². The first-order chi connectivity index (χ1) is 10.2. The molecule has 0 aliphatic rings. The third-order valence-corrected chi connectivity index (χ3v) is 2.82. The highest BCUT2D eigenvalue weighted by molar-refractivity contribution is 5.75. The molecule has 0 atom stereocenters. The molecule has 110 valence electrons. The molecule has 2 heterocycles. The zero-order valence-electron chi connectivity index (χ0n) is 11.8. The van der Waals surface area contributed by atoms with Crippen LogP contribution in [0.25, 0.3) is 0 Å². The number of nitrogens with one attached hydrogen (secondary N) is 1. The van der Waals surface area contributed by atoms with Crippen LogP contribution in [0.5, 0.6) is 5.88 Å². The lowest BCUT2D eigenvalue weighted by molar-refractivity contribution is -0.121. The molecule has 0 radical (unpaired) electrons. The molecule has 0 spiro atoms. The van der Waals surface area contributed by atoms with Gasteiger partial charge in [-0.3, -0.25) is 9.59 Å². The van der Waals surface area contributed by atoms with Crippen molar-refractivity contribution in [1.29, 1.82) is 0 Å². The van der Waals surface area contributed by atoms with Crippen LogP contribution in [0.3, 0.4) is 0 Å². The molecule has 6 heteroatoms. The number of hydrogen-bond donors (Lipinski definition) is 1. The highest BCUT2D eigenvalue weighted by atomic mass is 16.5. The molecular weight excluding hydrogens is 270 g/mol. The summed E-state index contributed by atoms with van der Waals surface area (Å²) in [4.78, 5) is 27.5. The molecule has 1 amide bonds. The summed E-state index contributed by atoms with van der Waals surface area (Å²) >= 11 is 0. The lowest BCUT2D eigenvalue weighted by Gasteiger charge is -2.10. The minimum atomic E-state index is -0.241. The second kappa shape index (κ2) is 7.23. The molecule has 0 saturated heterocycles. The summed E-state index contributed by atoms with van der Waals surface area (Å²) in [5.74, 6) is 0.270. The Morgan fingerprint density at radius 2 is 2.19 bits per heavy atom. The second-order valence-electron chi connectivity index (χ2n) is 4.34. The van der Waals surface area contributed by atoms with E-state index < -0.39 is 0 Å². The van der Waals surface area contributed by atoms with Crippen molar-refractivity contribution in [3.63, 3.8) is 0 Å². The molecule has 2 aromatic rings. The maximum absolute atomic E-state index is 11.9. The molecule has 0 unspecified atom stereocenters. The van der Waals surface area contributed by atoms with Crippen LogP contribution < -0.4 is 15.6 Å². The van der Waals surface area contributed by atoms with Crippen molar-refractivity contribution in [3.05, 3.63) is 58.6 Å². The van der Waals surface area contributed by atoms with Crippen LogP contribution in [0.4, 0.5) is 0 Å². The standard InChI is InChI=1S/C15H17N3O3/c1-2-21-15-12(6-5-8-16-15)10-17-13(19)11-18-9-4-3-7-14(18)20/h3-9H,2,10-11H2,1H3,(H,17,19). The maximum atomic E-state index is 11.9. The smallest absolute Gasteiger partial charge is 0.250 e. The van der Waals surface area contributed by atoms with Gasteiger partial charge < -0.3 is 14.6 Å². The van der Waals surface area contributed by atoms with Gasteiger partial charge in [-0.25, -0.2) is 4.98 Å². The average molecular weight is 287 g/mol. The number of pyridine rings is 2. The first kappa shape index (κ1) is 14.8. The quantitative estimate of drug-likeness (QED) is 0.859. The normalized spacial score (nSPS) is 10.1. The van der Waals surface area contributed by atoms with Crippen LogP contribution in [0, 0.1) is 0 Å². The summed E-state index contributed by atoms with van der Waals surface area (Å²) in [6.45, 7) is 2.68. The topological polar surface area (TPSA) is 73.2 Å². The number of amides is 1. The first-order valence-corrected chi connectivity index (χ1v) is 6.69. The van der Waals surface area contributed by atoms with Gasteiger partial charge in [0.05, 0.1) is 6.61 Å². The van der Waals surface area contributed by atoms with E-state index in [1.165, 1.54) is 10.6 Å². The molecule has 6 nitrogen and oxygen atoms in total. The Bertz CT molecular complexity index is 667. The molecule has 2 aromatic heterocycles. The van der Waals surface area contributed by atoms with Gasteiger partial charge in [0.2, 0.25) is 11.8 Å². The van der Waals surface area contributed by atoms with Crippen LogP contribution in [0.1, 0.15) is 12.5 Å². The van der Waals surface area contributed by atoms with Gasteiger partial charge in [-0.15, -0.1) is 0 Å². The molecule has 0 aliphatic heterocycles. The maximum Gasteiger partial charge on any atom is 0.250 e. The van der Waals surface area contributed by atoms with Crippen LogP contribution in [-0.4, -0.2) is 22.1 Å². The van der Waals surface area contributed by atoms with Crippen LogP contribution in [-0.2, 0) is 17.9 Å². The van der Waals surface area contributed by atoms with Gasteiger partial charge in [-0.05, 0) is 19.1 Å². The summed E-state index contributed by atoms with van der Waals surface area (Å²) in [5.41, 5.74) is 0.595. The monoisotopic (exact) mass is 287 g/mol. The fourth-order valence-electron chi connectivity index (χ4n) is 1.82. The van der Waals surface area contributed by atoms with Crippen molar-refractivity contribution < 1.29 is 9.53 Å². The molecule has 0 fully saturated rings. The first-order valence-electron chi connectivity index (χ1n) is 6.69. The number of nitrogens with zero attached hydrogens (tertiary/aromatic N) is 2. The number of aromatic nitrogens is 2. The van der Waals surface area contributed by atoms with E-state index in [4.69, 9.17) is 4.74 Å². The lowest BCUT2D eigenvalue weighted by atomic mass is 10.2. The van der Waals surface area contributed by atoms with Gasteiger partial charge in [-0.2, -0.15) is 0 Å². The van der Waals surface area contributed by atoms with Crippen molar-refractivity contribution in [3.8, 4) is 5.88 Å². The largest absolute Gasteiger partial charge is 0.478 e. The number of hydrogen-bond acceptors (Lipinski definition) is 4. The average Bonchev–Trinajstić information content (AvgIpc) is 2.49. The number of ether oxygens (including phenoxy) is 1. The van der Waals surface area contributed by atoms with Gasteiger partial charge in [0.1, 0.15) is 6.54 Å². The van der Waals surface area contributed by atoms with Crippen molar-refractivity contribution in [1.82, 2.24) is 14.9 Å². The van der Waals surface area contributed by atoms with Gasteiger partial charge in [0.15, 0.2) is 0 Å². The molecule has 0 saturated carbocycles. The molecule has 1 N–H and O–H groups in total. The highest BCUT2D eigenvalue weighted by Gasteiger charge is 2.07. The molecule has 21 heavy (non-hydrogen) atoms. The van der Waals surface area contributed by atoms with E-state index in [9.17, 15) is 9.59 Å². The van der Waals surface area contributed by atoms with E-state index in [2.05, 4.69) is 10.3 Å². The SMILES string of the molecule is CCOc1ncccc1CNC(=O)Cn1ccccc1=O. The van der Waals surface area contributed by atoms with Crippen molar-refractivity contribution >= 4 is 5.91 Å². The summed E-state index contributed by atoms with van der Waals surface area (Å²) in [5, 5.41) is 2.75. The minimum Gasteiger partial charge on any atom is -0.478 e. The molecule has 0 aromatic carbocycles. The summed E-state index contributed by atoms with van der Waals surface area (Å²) < 4.78 is 6.74. The molecular formula is C15H17N3O3. The van der Waals surface area contributed by atoms with Gasteiger partial charge in [0.25, 0.3) is 5.56 Å². The highest BCUT2D eigenvalue weighted by Crippen LogP contribution is 2.13. The third-order valence-electron chi connectivity index (χ3n) is 2.82. The number of carbonyl (C=O) groups is 1. The zero-order chi connectivity index (χ0) is 15.1. The Kier molecular flexibility index (Phi) is 5.09. The molecule has 0 bridgehead atoms. The Morgan fingerprint density at radius 3 is 2.95 bits per heavy atom. The fraction of sp³-hybridized carbons (Fsp3) is 0.267. The van der Waals surface area contributed by atoms with Crippen molar-refractivity contribution in [2.45, 2.75) is 20.0 Å². The van der Waals surface area contributed by atoms with E-state index in [1.54, 1.807) is 30.6 Å². The third kappa shape index (κ3) is 4.17. The van der Waals surface area contributed by atoms with E-state index >= 15 is 0 Å². The van der Waals surface area contributed by atoms with E-state index in [-0.39, 0.29) is 18.0 Å². The van der Waals surface area contributed by atoms with Gasteiger partial charge >= 0.3 is 0 Å². The fourth-order valence-corrected chi connectivity index (χ4v) is 1.82. The van der Waals surface area contributed by atoms with E-state index in [0.29, 0.717) is 19.0 Å². The summed E-state index contributed by atoms with van der Waals surface area (Å²) in [6, 6.07) is 8.39. The van der Waals surface area contributed by atoms with Crippen molar-refractivity contribution in [2.24, 2.45) is 0 Å². The lowest BCUT2D eigenvalue weighted by Crippen LogP contribution is -2.31. The predicted molar refractivity (Wildman–Crippen MR) is 78.0 cm³/mol. The van der Waals surface area contributed by atoms with Crippen LogP contribution in [0.2, 0.25) is 0 Å². The number of carbonyl (C=O) groups excluding carboxylic acids is 1. The predicted octanol–water partition coefficient (Wildman–Crippen LogP) is 0.958. The Hall–Kier alpha value is -2.63. The number of rotatable bonds is 6. The second-order valence-corrected chi connectivity index (χ2v) is 4.34. The minimum absolute atomic E-state index is 0.0100. The van der Waals surface area contributed by atoms with Crippen molar-refractivity contribution in [2.75, 3.05) is 6.61 Å². The Labute approximate surface area is 122 Å². The van der Waals surface area contributed by atoms with Gasteiger partial charge in [-0.1, -0.05) is 12.1 Å². The Balaban J connectivity index is 1.96. The summed E-state index contributed by atoms with van der Waals surface area (Å²) in [7, 11) is 0. The Morgan fingerprint density at radius 1 is 1.33 bits per heavy atom.